The van der Waals surface area contributed by atoms with Crippen LogP contribution in [-0.2, 0) is 6.54 Å². The van der Waals surface area contributed by atoms with Crippen LogP contribution in [-0.4, -0.2) is 49.2 Å². The molecule has 0 spiro atoms. The molecule has 2 rings (SSSR count). The summed E-state index contributed by atoms with van der Waals surface area (Å²) in [5.41, 5.74) is 2.85. The molecule has 1 unspecified atom stereocenters. The number of ether oxygens (including phenoxy) is 1. The molecule has 2 heterocycles. The minimum Gasteiger partial charge on any atom is -0.496 e. The Balaban J connectivity index is 1.93. The number of aromatic nitrogens is 1. The normalized spacial score (nSPS) is 17.4. The average molecular weight is 306 g/mol. The number of hydrogen-bond acceptors (Lipinski definition) is 4. The first-order valence-electron chi connectivity index (χ1n) is 7.74. The summed E-state index contributed by atoms with van der Waals surface area (Å²) in [5, 5.41) is 6.34. The molecule has 1 fully saturated rings. The maximum Gasteiger partial charge on any atom is 0.317 e. The van der Waals surface area contributed by atoms with Gasteiger partial charge in [0.25, 0.3) is 0 Å². The Morgan fingerprint density at radius 1 is 1.55 bits per heavy atom. The maximum atomic E-state index is 12.2. The summed E-state index contributed by atoms with van der Waals surface area (Å²) in [7, 11) is 3.44. The van der Waals surface area contributed by atoms with Crippen LogP contribution in [0.15, 0.2) is 6.20 Å². The number of amides is 2. The van der Waals surface area contributed by atoms with E-state index in [4.69, 9.17) is 4.74 Å². The summed E-state index contributed by atoms with van der Waals surface area (Å²) in [6, 6.07) is 0.325. The van der Waals surface area contributed by atoms with E-state index in [1.165, 1.54) is 6.42 Å². The van der Waals surface area contributed by atoms with Crippen molar-refractivity contribution in [3.8, 4) is 5.75 Å². The lowest BCUT2D eigenvalue weighted by molar-refractivity contribution is 0.205. The molecule has 2 amide bonds. The Morgan fingerprint density at radius 3 is 2.95 bits per heavy atom. The van der Waals surface area contributed by atoms with E-state index < -0.39 is 0 Å². The number of carbonyl (C=O) groups is 1. The number of nitrogens with one attached hydrogen (secondary N) is 2. The minimum absolute atomic E-state index is 0.0746. The molecule has 0 bridgehead atoms. The van der Waals surface area contributed by atoms with E-state index in [-0.39, 0.29) is 6.03 Å². The summed E-state index contributed by atoms with van der Waals surface area (Å²) >= 11 is 0. The molecule has 0 saturated carbocycles. The zero-order chi connectivity index (χ0) is 16.1. The van der Waals surface area contributed by atoms with E-state index in [0.717, 1.165) is 35.5 Å². The largest absolute Gasteiger partial charge is 0.496 e. The van der Waals surface area contributed by atoms with E-state index in [2.05, 4.69) is 15.6 Å². The smallest absolute Gasteiger partial charge is 0.317 e. The first-order valence-corrected chi connectivity index (χ1v) is 7.74. The Morgan fingerprint density at radius 2 is 2.32 bits per heavy atom. The molecule has 122 valence electrons. The van der Waals surface area contributed by atoms with E-state index in [0.29, 0.717) is 19.1 Å². The van der Waals surface area contributed by atoms with E-state index in [9.17, 15) is 4.79 Å². The summed E-state index contributed by atoms with van der Waals surface area (Å²) in [6.07, 6.45) is 4.10. The third kappa shape index (κ3) is 3.88. The molecule has 1 atom stereocenters. The van der Waals surface area contributed by atoms with Gasteiger partial charge in [-0.2, -0.15) is 0 Å². The monoisotopic (exact) mass is 306 g/mol. The molecule has 0 radical (unpaired) electrons. The SMILES string of the molecule is COc1c(C)cnc(CN(C)C(=O)NCC2CCCN2)c1C. The lowest BCUT2D eigenvalue weighted by Gasteiger charge is -2.21. The van der Waals surface area contributed by atoms with Crippen molar-refractivity contribution in [2.45, 2.75) is 39.3 Å². The highest BCUT2D eigenvalue weighted by Gasteiger charge is 2.17. The highest BCUT2D eigenvalue weighted by atomic mass is 16.5. The molecule has 1 saturated heterocycles. The third-order valence-electron chi connectivity index (χ3n) is 4.15. The molecular weight excluding hydrogens is 280 g/mol. The molecule has 1 aromatic rings. The summed E-state index contributed by atoms with van der Waals surface area (Å²) in [6.45, 7) is 6.12. The van der Waals surface area contributed by atoms with Crippen LogP contribution in [0.3, 0.4) is 0 Å². The zero-order valence-corrected chi connectivity index (χ0v) is 13.9. The first kappa shape index (κ1) is 16.5. The van der Waals surface area contributed by atoms with Crippen LogP contribution in [0.4, 0.5) is 4.79 Å². The Labute approximate surface area is 132 Å². The van der Waals surface area contributed by atoms with Gasteiger partial charge in [-0.15, -0.1) is 0 Å². The van der Waals surface area contributed by atoms with Crippen molar-refractivity contribution in [1.82, 2.24) is 20.5 Å². The number of urea groups is 1. The van der Waals surface area contributed by atoms with Crippen molar-refractivity contribution in [2.75, 3.05) is 27.2 Å². The number of rotatable bonds is 5. The van der Waals surface area contributed by atoms with Crippen LogP contribution in [0.2, 0.25) is 0 Å². The van der Waals surface area contributed by atoms with Crippen LogP contribution in [0.1, 0.15) is 29.7 Å². The highest BCUT2D eigenvalue weighted by Crippen LogP contribution is 2.24. The fraction of sp³-hybridized carbons (Fsp3) is 0.625. The first-order chi connectivity index (χ1) is 10.5. The van der Waals surface area contributed by atoms with Crippen molar-refractivity contribution >= 4 is 6.03 Å². The van der Waals surface area contributed by atoms with Crippen molar-refractivity contribution in [2.24, 2.45) is 0 Å². The van der Waals surface area contributed by atoms with Gasteiger partial charge in [0.05, 0.1) is 19.3 Å². The highest BCUT2D eigenvalue weighted by molar-refractivity contribution is 5.73. The van der Waals surface area contributed by atoms with Gasteiger partial charge in [-0.1, -0.05) is 0 Å². The number of methoxy groups -OCH3 is 1. The van der Waals surface area contributed by atoms with E-state index >= 15 is 0 Å². The number of aryl methyl sites for hydroxylation is 1. The van der Waals surface area contributed by atoms with Gasteiger partial charge in [0.2, 0.25) is 0 Å². The average Bonchev–Trinajstić information content (AvgIpc) is 3.01. The van der Waals surface area contributed by atoms with Gasteiger partial charge in [-0.3, -0.25) is 4.98 Å². The van der Waals surface area contributed by atoms with Crippen molar-refractivity contribution in [1.29, 1.82) is 0 Å². The second-order valence-corrected chi connectivity index (χ2v) is 5.88. The molecule has 1 aromatic heterocycles. The molecular formula is C16H26N4O2. The topological polar surface area (TPSA) is 66.5 Å². The Kier molecular flexibility index (Phi) is 5.60. The number of carbonyl (C=O) groups excluding carboxylic acids is 1. The van der Waals surface area contributed by atoms with Crippen LogP contribution in [0.25, 0.3) is 0 Å². The fourth-order valence-corrected chi connectivity index (χ4v) is 2.80. The molecule has 0 aromatic carbocycles. The van der Waals surface area contributed by atoms with Crippen LogP contribution in [0, 0.1) is 13.8 Å². The second kappa shape index (κ2) is 7.45. The predicted octanol–water partition coefficient (Wildman–Crippen LogP) is 1.60. The summed E-state index contributed by atoms with van der Waals surface area (Å²) in [5.74, 6) is 0.842. The van der Waals surface area contributed by atoms with Gasteiger partial charge in [0.1, 0.15) is 5.75 Å². The Bertz CT molecular complexity index is 527. The maximum absolute atomic E-state index is 12.2. The molecule has 2 N–H and O–H groups in total. The van der Waals surface area contributed by atoms with E-state index in [1.807, 2.05) is 13.8 Å². The third-order valence-corrected chi connectivity index (χ3v) is 4.15. The van der Waals surface area contributed by atoms with Gasteiger partial charge in [-0.05, 0) is 33.2 Å². The van der Waals surface area contributed by atoms with Gasteiger partial charge < -0.3 is 20.3 Å². The number of pyridine rings is 1. The molecule has 6 heteroatoms. The standard InChI is InChI=1S/C16H26N4O2/c1-11-8-18-14(12(2)15(11)22-4)10-20(3)16(21)19-9-13-6-5-7-17-13/h8,13,17H,5-7,9-10H2,1-4H3,(H,19,21). The van der Waals surface area contributed by atoms with Crippen molar-refractivity contribution in [3.63, 3.8) is 0 Å². The molecule has 22 heavy (non-hydrogen) atoms. The molecule has 1 aliphatic rings. The number of hydrogen-bond donors (Lipinski definition) is 2. The lowest BCUT2D eigenvalue weighted by atomic mass is 10.1. The fourth-order valence-electron chi connectivity index (χ4n) is 2.80. The molecule has 6 nitrogen and oxygen atoms in total. The second-order valence-electron chi connectivity index (χ2n) is 5.88. The zero-order valence-electron chi connectivity index (χ0n) is 13.9. The number of nitrogens with zero attached hydrogens (tertiary/aromatic N) is 2. The summed E-state index contributed by atoms with van der Waals surface area (Å²) in [4.78, 5) is 18.2. The van der Waals surface area contributed by atoms with E-state index in [1.54, 1.807) is 25.3 Å². The summed E-state index contributed by atoms with van der Waals surface area (Å²) < 4.78 is 5.41. The molecule has 0 aliphatic carbocycles. The predicted molar refractivity (Wildman–Crippen MR) is 86.2 cm³/mol. The Hall–Kier alpha value is -1.82. The van der Waals surface area contributed by atoms with Gasteiger partial charge in [0, 0.05) is 37.0 Å². The van der Waals surface area contributed by atoms with Crippen molar-refractivity contribution in [3.05, 3.63) is 23.0 Å². The van der Waals surface area contributed by atoms with Gasteiger partial charge in [-0.25, -0.2) is 4.79 Å². The van der Waals surface area contributed by atoms with Crippen LogP contribution < -0.4 is 15.4 Å². The van der Waals surface area contributed by atoms with Gasteiger partial charge >= 0.3 is 6.03 Å². The minimum atomic E-state index is -0.0746. The van der Waals surface area contributed by atoms with Crippen LogP contribution in [0.5, 0.6) is 5.75 Å². The lowest BCUT2D eigenvalue weighted by Crippen LogP contribution is -2.43. The van der Waals surface area contributed by atoms with Gasteiger partial charge in [0.15, 0.2) is 0 Å². The van der Waals surface area contributed by atoms with Crippen molar-refractivity contribution < 1.29 is 9.53 Å². The quantitative estimate of drug-likeness (QED) is 0.867. The van der Waals surface area contributed by atoms with Crippen LogP contribution >= 0.6 is 0 Å². The molecule has 1 aliphatic heterocycles.